The lowest BCUT2D eigenvalue weighted by Gasteiger charge is -2.42. The number of rotatable bonds is 5. The van der Waals surface area contributed by atoms with Gasteiger partial charge in [0.15, 0.2) is 0 Å². The number of hydrogen-bond acceptors (Lipinski definition) is 7. The quantitative estimate of drug-likeness (QED) is 0.673. The number of fused-ring (bicyclic) bond motifs is 2. The van der Waals surface area contributed by atoms with Gasteiger partial charge in [-0.25, -0.2) is 0 Å². The Balaban J connectivity index is 1.53. The standard InChI is InChI=1S/C25H28N2O7/c1-27-19-10-9-16(13-23(28)32-3)34-22(19)14-33-21-11-8-15(12-18(21)25(27)30)26-24(29)17-6-4-5-7-20(17)31-2/h4-8,11-12,16,19,22H,9-10,13-14H2,1-3H3,(H,26,29)/t16-,19+,22+/m0/s1. The predicted octanol–water partition coefficient (Wildman–Crippen LogP) is 2.89. The van der Waals surface area contributed by atoms with Crippen molar-refractivity contribution in [3.05, 3.63) is 53.6 Å². The third-order valence-corrected chi connectivity index (χ3v) is 6.24. The first-order valence-corrected chi connectivity index (χ1v) is 11.1. The molecule has 1 fully saturated rings. The number of hydrogen-bond donors (Lipinski definition) is 1. The fourth-order valence-electron chi connectivity index (χ4n) is 4.41. The molecule has 3 atom stereocenters. The van der Waals surface area contributed by atoms with E-state index >= 15 is 0 Å². The maximum absolute atomic E-state index is 13.3. The highest BCUT2D eigenvalue weighted by atomic mass is 16.6. The van der Waals surface area contributed by atoms with Crippen molar-refractivity contribution in [3.63, 3.8) is 0 Å². The van der Waals surface area contributed by atoms with Gasteiger partial charge in [-0.05, 0) is 43.2 Å². The van der Waals surface area contributed by atoms with Gasteiger partial charge >= 0.3 is 5.97 Å². The molecule has 0 radical (unpaired) electrons. The molecule has 2 aliphatic rings. The molecule has 2 heterocycles. The molecule has 0 aromatic heterocycles. The molecule has 0 bridgehead atoms. The zero-order chi connectivity index (χ0) is 24.2. The molecule has 2 aromatic carbocycles. The number of likely N-dealkylation sites (N-methyl/N-ethyl adjacent to an activating group) is 1. The van der Waals surface area contributed by atoms with Crippen LogP contribution in [0.25, 0.3) is 0 Å². The summed E-state index contributed by atoms with van der Waals surface area (Å²) in [7, 11) is 4.59. The van der Waals surface area contributed by atoms with Crippen molar-refractivity contribution in [2.45, 2.75) is 37.5 Å². The SMILES string of the molecule is COC(=O)C[C@@H]1CC[C@@H]2[C@@H](COc3ccc(NC(=O)c4ccccc4OC)cc3C(=O)N2C)O1. The van der Waals surface area contributed by atoms with Gasteiger partial charge in [0.1, 0.15) is 24.2 Å². The van der Waals surface area contributed by atoms with E-state index in [9.17, 15) is 14.4 Å². The number of nitrogens with zero attached hydrogens (tertiary/aromatic N) is 1. The lowest BCUT2D eigenvalue weighted by atomic mass is 9.94. The topological polar surface area (TPSA) is 103 Å². The second-order valence-electron chi connectivity index (χ2n) is 8.31. The number of amides is 2. The number of anilines is 1. The molecular weight excluding hydrogens is 440 g/mol. The van der Waals surface area contributed by atoms with E-state index in [0.717, 1.165) is 0 Å². The van der Waals surface area contributed by atoms with Crippen LogP contribution in [0.2, 0.25) is 0 Å². The van der Waals surface area contributed by atoms with Crippen LogP contribution in [0.15, 0.2) is 42.5 Å². The Kier molecular flexibility index (Phi) is 7.02. The third kappa shape index (κ3) is 4.84. The predicted molar refractivity (Wildman–Crippen MR) is 123 cm³/mol. The maximum Gasteiger partial charge on any atom is 0.308 e. The summed E-state index contributed by atoms with van der Waals surface area (Å²) in [4.78, 5) is 39.4. The molecule has 4 rings (SSSR count). The van der Waals surface area contributed by atoms with Crippen molar-refractivity contribution in [2.24, 2.45) is 0 Å². The van der Waals surface area contributed by atoms with E-state index in [-0.39, 0.29) is 49.1 Å². The lowest BCUT2D eigenvalue weighted by molar-refractivity contribution is -0.151. The van der Waals surface area contributed by atoms with Crippen molar-refractivity contribution in [1.29, 1.82) is 0 Å². The van der Waals surface area contributed by atoms with Gasteiger partial charge in [0.2, 0.25) is 0 Å². The van der Waals surface area contributed by atoms with Gasteiger partial charge in [0.25, 0.3) is 11.8 Å². The van der Waals surface area contributed by atoms with Crippen molar-refractivity contribution in [2.75, 3.05) is 33.2 Å². The monoisotopic (exact) mass is 468 g/mol. The summed E-state index contributed by atoms with van der Waals surface area (Å²) in [5, 5.41) is 2.83. The van der Waals surface area contributed by atoms with E-state index in [1.165, 1.54) is 14.2 Å². The summed E-state index contributed by atoms with van der Waals surface area (Å²) >= 11 is 0. The number of para-hydroxylation sites is 1. The molecule has 34 heavy (non-hydrogen) atoms. The smallest absolute Gasteiger partial charge is 0.308 e. The largest absolute Gasteiger partial charge is 0.496 e. The second kappa shape index (κ2) is 10.1. The number of ether oxygens (including phenoxy) is 4. The number of benzene rings is 2. The number of carbonyl (C=O) groups is 3. The van der Waals surface area contributed by atoms with E-state index in [1.807, 2.05) is 0 Å². The highest BCUT2D eigenvalue weighted by Crippen LogP contribution is 2.33. The summed E-state index contributed by atoms with van der Waals surface area (Å²) in [5.41, 5.74) is 1.21. The van der Waals surface area contributed by atoms with E-state index in [1.54, 1.807) is 54.4 Å². The molecule has 0 saturated carbocycles. The average Bonchev–Trinajstić information content (AvgIpc) is 2.86. The molecule has 9 nitrogen and oxygen atoms in total. The van der Waals surface area contributed by atoms with Crippen LogP contribution in [0.4, 0.5) is 5.69 Å². The minimum Gasteiger partial charge on any atom is -0.496 e. The van der Waals surface area contributed by atoms with Crippen LogP contribution >= 0.6 is 0 Å². The molecule has 2 aliphatic heterocycles. The minimum absolute atomic E-state index is 0.170. The first-order valence-electron chi connectivity index (χ1n) is 11.1. The Morgan fingerprint density at radius 2 is 1.94 bits per heavy atom. The highest BCUT2D eigenvalue weighted by Gasteiger charge is 2.39. The molecule has 0 aliphatic carbocycles. The zero-order valence-electron chi connectivity index (χ0n) is 19.4. The van der Waals surface area contributed by atoms with Crippen LogP contribution in [0.3, 0.4) is 0 Å². The van der Waals surface area contributed by atoms with E-state index in [0.29, 0.717) is 41.2 Å². The zero-order valence-corrected chi connectivity index (χ0v) is 19.4. The fourth-order valence-corrected chi connectivity index (χ4v) is 4.41. The van der Waals surface area contributed by atoms with Gasteiger partial charge in [-0.2, -0.15) is 0 Å². The van der Waals surface area contributed by atoms with Gasteiger partial charge in [0, 0.05) is 12.7 Å². The van der Waals surface area contributed by atoms with Crippen LogP contribution in [0, 0.1) is 0 Å². The molecule has 180 valence electrons. The number of carbonyl (C=O) groups excluding carboxylic acids is 3. The first-order chi connectivity index (χ1) is 16.4. The number of esters is 1. The summed E-state index contributed by atoms with van der Waals surface area (Å²) in [6.07, 6.45) is 0.846. The summed E-state index contributed by atoms with van der Waals surface area (Å²) in [6.45, 7) is 0.236. The summed E-state index contributed by atoms with van der Waals surface area (Å²) < 4.78 is 22.1. The normalized spacial score (nSPS) is 21.8. The molecule has 1 saturated heterocycles. The van der Waals surface area contributed by atoms with E-state index in [2.05, 4.69) is 5.32 Å². The molecule has 0 spiro atoms. The van der Waals surface area contributed by atoms with Crippen molar-refractivity contribution in [1.82, 2.24) is 4.90 Å². The number of nitrogens with one attached hydrogen (secondary N) is 1. The highest BCUT2D eigenvalue weighted by molar-refractivity contribution is 6.07. The Morgan fingerprint density at radius 1 is 1.15 bits per heavy atom. The fraction of sp³-hybridized carbons (Fsp3) is 0.400. The van der Waals surface area contributed by atoms with Crippen molar-refractivity contribution in [3.8, 4) is 11.5 Å². The molecule has 2 amide bonds. The first kappa shape index (κ1) is 23.6. The minimum atomic E-state index is -0.365. The Morgan fingerprint density at radius 3 is 2.71 bits per heavy atom. The Bertz CT molecular complexity index is 1090. The van der Waals surface area contributed by atoms with Gasteiger partial charge in [0.05, 0.1) is 43.9 Å². The van der Waals surface area contributed by atoms with Crippen LogP contribution in [-0.2, 0) is 14.3 Å². The van der Waals surface area contributed by atoms with Crippen LogP contribution < -0.4 is 14.8 Å². The number of methoxy groups -OCH3 is 2. The van der Waals surface area contributed by atoms with Crippen LogP contribution in [-0.4, -0.2) is 68.8 Å². The maximum atomic E-state index is 13.3. The summed E-state index contributed by atoms with van der Waals surface area (Å²) in [6, 6.07) is 11.7. The van der Waals surface area contributed by atoms with Crippen LogP contribution in [0.1, 0.15) is 40.0 Å². The van der Waals surface area contributed by atoms with E-state index in [4.69, 9.17) is 18.9 Å². The Labute approximate surface area is 197 Å². The van der Waals surface area contributed by atoms with Gasteiger partial charge in [-0.3, -0.25) is 14.4 Å². The molecule has 1 N–H and O–H groups in total. The van der Waals surface area contributed by atoms with Crippen LogP contribution in [0.5, 0.6) is 11.5 Å². The van der Waals surface area contributed by atoms with Gasteiger partial charge in [-0.1, -0.05) is 12.1 Å². The average molecular weight is 469 g/mol. The van der Waals surface area contributed by atoms with E-state index < -0.39 is 0 Å². The Hall–Kier alpha value is -3.59. The van der Waals surface area contributed by atoms with Crippen molar-refractivity contribution >= 4 is 23.5 Å². The summed E-state index contributed by atoms with van der Waals surface area (Å²) in [5.74, 6) is -0.0355. The second-order valence-corrected chi connectivity index (χ2v) is 8.31. The lowest BCUT2D eigenvalue weighted by Crippen LogP contribution is -2.53. The van der Waals surface area contributed by atoms with Crippen molar-refractivity contribution < 1.29 is 33.3 Å². The molecule has 2 aromatic rings. The van der Waals surface area contributed by atoms with Gasteiger partial charge in [-0.15, -0.1) is 0 Å². The molecule has 9 heteroatoms. The molecular formula is C25H28N2O7. The third-order valence-electron chi connectivity index (χ3n) is 6.24. The van der Waals surface area contributed by atoms with Gasteiger partial charge < -0.3 is 29.2 Å². The molecule has 0 unspecified atom stereocenters.